The predicted octanol–water partition coefficient (Wildman–Crippen LogP) is 5.23. The van der Waals surface area contributed by atoms with Crippen LogP contribution in [0.2, 0.25) is 0 Å². The highest BCUT2D eigenvalue weighted by Crippen LogP contribution is 2.32. The zero-order valence-electron chi connectivity index (χ0n) is 18.6. The van der Waals surface area contributed by atoms with E-state index < -0.39 is 5.97 Å². The molecule has 1 amide bonds. The van der Waals surface area contributed by atoms with E-state index in [0.717, 1.165) is 11.1 Å². The summed E-state index contributed by atoms with van der Waals surface area (Å²) in [5.74, 6) is -0.344. The molecule has 0 aliphatic carbocycles. The maximum absolute atomic E-state index is 12.4. The summed E-state index contributed by atoms with van der Waals surface area (Å²) in [6, 6.07) is 18.6. The number of hydrogen-bond acceptors (Lipinski definition) is 5. The fraction of sp³-hybridized carbons (Fsp3) is 0.231. The average molecular weight is 434 g/mol. The van der Waals surface area contributed by atoms with Gasteiger partial charge in [0, 0.05) is 11.8 Å². The summed E-state index contributed by atoms with van der Waals surface area (Å²) < 4.78 is 11.0. The molecule has 0 unspecified atom stereocenters. The number of benzene rings is 3. The van der Waals surface area contributed by atoms with Gasteiger partial charge in [-0.2, -0.15) is 0 Å². The molecule has 2 N–H and O–H groups in total. The van der Waals surface area contributed by atoms with Gasteiger partial charge >= 0.3 is 5.97 Å². The molecule has 0 bridgehead atoms. The van der Waals surface area contributed by atoms with Crippen LogP contribution in [-0.2, 0) is 10.2 Å². The number of hydrogen-bond donors (Lipinski definition) is 2. The number of esters is 1. The van der Waals surface area contributed by atoms with Crippen molar-refractivity contribution in [1.82, 2.24) is 0 Å². The van der Waals surface area contributed by atoms with Crippen molar-refractivity contribution in [3.63, 3.8) is 0 Å². The molecule has 0 atom stereocenters. The van der Waals surface area contributed by atoms with Crippen LogP contribution in [0.1, 0.15) is 42.3 Å². The van der Waals surface area contributed by atoms with E-state index >= 15 is 0 Å². The van der Waals surface area contributed by atoms with Gasteiger partial charge in [0.1, 0.15) is 22.8 Å². The van der Waals surface area contributed by atoms with E-state index in [2.05, 4.69) is 32.2 Å². The lowest BCUT2D eigenvalue weighted by Gasteiger charge is -2.23. The van der Waals surface area contributed by atoms with Gasteiger partial charge in [0.05, 0.1) is 0 Å². The number of para-hydroxylation sites is 1. The van der Waals surface area contributed by atoms with Crippen molar-refractivity contribution in [1.29, 1.82) is 0 Å². The van der Waals surface area contributed by atoms with E-state index in [-0.39, 0.29) is 29.2 Å². The largest absolute Gasteiger partial charge is 0.507 e. The van der Waals surface area contributed by atoms with Crippen LogP contribution in [0.15, 0.2) is 66.7 Å². The first-order valence-electron chi connectivity index (χ1n) is 10.3. The lowest BCUT2D eigenvalue weighted by atomic mass is 9.85. The Balaban J connectivity index is 1.63. The molecule has 6 nitrogen and oxygen atoms in total. The van der Waals surface area contributed by atoms with Crippen molar-refractivity contribution in [2.45, 2.75) is 33.1 Å². The number of phenols is 1. The van der Waals surface area contributed by atoms with Gasteiger partial charge < -0.3 is 19.9 Å². The molecule has 3 aromatic rings. The van der Waals surface area contributed by atoms with E-state index in [0.29, 0.717) is 17.2 Å². The Kier molecular flexibility index (Phi) is 6.83. The number of nitrogens with one attached hydrogen (secondary N) is 1. The highest BCUT2D eigenvalue weighted by Gasteiger charge is 2.20. The molecule has 0 heterocycles. The second kappa shape index (κ2) is 9.56. The van der Waals surface area contributed by atoms with Crippen molar-refractivity contribution in [2.24, 2.45) is 0 Å². The molecule has 0 saturated carbocycles. The molecule has 0 aliphatic rings. The molecule has 0 spiro atoms. The van der Waals surface area contributed by atoms with E-state index in [1.165, 1.54) is 18.2 Å². The number of aryl methyl sites for hydroxylation is 1. The minimum atomic E-state index is -0.691. The van der Waals surface area contributed by atoms with Crippen molar-refractivity contribution in [2.75, 3.05) is 11.9 Å². The predicted molar refractivity (Wildman–Crippen MR) is 124 cm³/mol. The fourth-order valence-corrected chi connectivity index (χ4v) is 3.13. The first kappa shape index (κ1) is 22.9. The maximum atomic E-state index is 12.4. The van der Waals surface area contributed by atoms with Crippen LogP contribution in [-0.4, -0.2) is 23.6 Å². The second-order valence-corrected chi connectivity index (χ2v) is 8.52. The molecule has 0 aromatic heterocycles. The van der Waals surface area contributed by atoms with Crippen molar-refractivity contribution in [3.8, 4) is 17.2 Å². The standard InChI is InChI=1S/C26H27NO5/c1-17-10-13-23(21(14-17)26(2,3)4)31-16-24(29)27-18-11-12-20(22(28)15-18)25(30)32-19-8-6-5-7-9-19/h5-15,28H,16H2,1-4H3,(H,27,29). The number of carbonyl (C=O) groups is 2. The van der Waals surface area contributed by atoms with E-state index in [4.69, 9.17) is 9.47 Å². The summed E-state index contributed by atoms with van der Waals surface area (Å²) in [5, 5.41) is 12.9. The zero-order valence-corrected chi connectivity index (χ0v) is 18.6. The van der Waals surface area contributed by atoms with Gasteiger partial charge in [-0.25, -0.2) is 4.79 Å². The van der Waals surface area contributed by atoms with Gasteiger partial charge in [-0.15, -0.1) is 0 Å². The van der Waals surface area contributed by atoms with Crippen LogP contribution < -0.4 is 14.8 Å². The summed E-state index contributed by atoms with van der Waals surface area (Å²) in [4.78, 5) is 24.7. The monoisotopic (exact) mass is 433 g/mol. The summed E-state index contributed by atoms with van der Waals surface area (Å²) in [5.41, 5.74) is 2.34. The van der Waals surface area contributed by atoms with Crippen molar-refractivity contribution >= 4 is 17.6 Å². The molecule has 0 fully saturated rings. The first-order valence-corrected chi connectivity index (χ1v) is 10.3. The van der Waals surface area contributed by atoms with Gasteiger partial charge in [0.15, 0.2) is 6.61 Å². The normalized spacial score (nSPS) is 11.0. The minimum absolute atomic E-state index is 0.00224. The van der Waals surface area contributed by atoms with Crippen LogP contribution in [0, 0.1) is 6.92 Å². The van der Waals surface area contributed by atoms with Gasteiger partial charge in [-0.1, -0.05) is 56.7 Å². The van der Waals surface area contributed by atoms with Crippen LogP contribution in [0.4, 0.5) is 5.69 Å². The molecular formula is C26H27NO5. The van der Waals surface area contributed by atoms with Crippen LogP contribution >= 0.6 is 0 Å². The molecule has 0 radical (unpaired) electrons. The van der Waals surface area contributed by atoms with Crippen molar-refractivity contribution < 1.29 is 24.2 Å². The Morgan fingerprint density at radius 1 is 0.969 bits per heavy atom. The number of carbonyl (C=O) groups excluding carboxylic acids is 2. The number of ether oxygens (including phenoxy) is 2. The molecule has 6 heteroatoms. The maximum Gasteiger partial charge on any atom is 0.347 e. The van der Waals surface area contributed by atoms with E-state index in [1.54, 1.807) is 30.3 Å². The van der Waals surface area contributed by atoms with Crippen LogP contribution in [0.3, 0.4) is 0 Å². The van der Waals surface area contributed by atoms with Gasteiger partial charge in [0.25, 0.3) is 5.91 Å². The van der Waals surface area contributed by atoms with Gasteiger partial charge in [0.2, 0.25) is 0 Å². The van der Waals surface area contributed by atoms with Gasteiger partial charge in [-0.3, -0.25) is 4.79 Å². The first-order chi connectivity index (χ1) is 15.1. The number of amides is 1. The Morgan fingerprint density at radius 2 is 1.69 bits per heavy atom. The van der Waals surface area contributed by atoms with E-state index in [9.17, 15) is 14.7 Å². The van der Waals surface area contributed by atoms with Gasteiger partial charge in [-0.05, 0) is 48.2 Å². The van der Waals surface area contributed by atoms with Crippen LogP contribution in [0.25, 0.3) is 0 Å². The third-order valence-corrected chi connectivity index (χ3v) is 4.76. The average Bonchev–Trinajstić information content (AvgIpc) is 2.73. The summed E-state index contributed by atoms with van der Waals surface area (Å²) in [7, 11) is 0. The Bertz CT molecular complexity index is 1120. The molecular weight excluding hydrogens is 406 g/mol. The number of anilines is 1. The third kappa shape index (κ3) is 5.88. The fourth-order valence-electron chi connectivity index (χ4n) is 3.13. The molecule has 0 aliphatic heterocycles. The second-order valence-electron chi connectivity index (χ2n) is 8.52. The number of rotatable bonds is 6. The summed E-state index contributed by atoms with van der Waals surface area (Å²) in [6.45, 7) is 8.08. The number of aromatic hydroxyl groups is 1. The number of phenolic OH excluding ortho intramolecular Hbond substituents is 1. The summed E-state index contributed by atoms with van der Waals surface area (Å²) in [6.07, 6.45) is 0. The quantitative estimate of drug-likeness (QED) is 0.410. The molecule has 3 aromatic carbocycles. The van der Waals surface area contributed by atoms with Crippen LogP contribution in [0.5, 0.6) is 17.2 Å². The topological polar surface area (TPSA) is 84.9 Å². The summed E-state index contributed by atoms with van der Waals surface area (Å²) >= 11 is 0. The Morgan fingerprint density at radius 3 is 2.34 bits per heavy atom. The highest BCUT2D eigenvalue weighted by molar-refractivity contribution is 5.96. The lowest BCUT2D eigenvalue weighted by molar-refractivity contribution is -0.118. The molecule has 0 saturated heterocycles. The molecule has 166 valence electrons. The van der Waals surface area contributed by atoms with E-state index in [1.807, 2.05) is 19.1 Å². The Labute approximate surface area is 187 Å². The Hall–Kier alpha value is -3.80. The minimum Gasteiger partial charge on any atom is -0.507 e. The highest BCUT2D eigenvalue weighted by atomic mass is 16.5. The molecule has 32 heavy (non-hydrogen) atoms. The zero-order chi connectivity index (χ0) is 23.3. The SMILES string of the molecule is Cc1ccc(OCC(=O)Nc2ccc(C(=O)Oc3ccccc3)c(O)c2)c(C(C)(C)C)c1. The lowest BCUT2D eigenvalue weighted by Crippen LogP contribution is -2.22. The van der Waals surface area contributed by atoms with Crippen molar-refractivity contribution in [3.05, 3.63) is 83.4 Å². The smallest absolute Gasteiger partial charge is 0.347 e. The third-order valence-electron chi connectivity index (χ3n) is 4.76. The molecule has 3 rings (SSSR count).